The molecule has 6 heteroatoms. The van der Waals surface area contributed by atoms with E-state index >= 15 is 0 Å². The summed E-state index contributed by atoms with van der Waals surface area (Å²) in [4.78, 5) is 12.5. The summed E-state index contributed by atoms with van der Waals surface area (Å²) >= 11 is 0. The van der Waals surface area contributed by atoms with Crippen LogP contribution < -0.4 is 10.1 Å². The lowest BCUT2D eigenvalue weighted by Crippen LogP contribution is -2.06. The van der Waals surface area contributed by atoms with Crippen LogP contribution in [0.15, 0.2) is 30.7 Å². The maximum absolute atomic E-state index is 5.48. The largest absolute Gasteiger partial charge is 0.478 e. The third-order valence-electron chi connectivity index (χ3n) is 2.61. The first kappa shape index (κ1) is 14.2. The van der Waals surface area contributed by atoms with Gasteiger partial charge in [0.25, 0.3) is 0 Å². The fourth-order valence-corrected chi connectivity index (χ4v) is 1.73. The number of nitrogens with one attached hydrogen (secondary N) is 1. The molecule has 0 bridgehead atoms. The Labute approximate surface area is 118 Å². The fourth-order valence-electron chi connectivity index (χ4n) is 1.73. The second kappa shape index (κ2) is 7.40. The van der Waals surface area contributed by atoms with Crippen LogP contribution in [-0.4, -0.2) is 28.7 Å². The molecule has 0 radical (unpaired) electrons. The quantitative estimate of drug-likeness (QED) is 0.833. The standard InChI is InChI=1S/C14H18N4O2/c1-3-20-14-11(5-4-6-15-14)8-16-13-7-12(9-19-2)17-10-18-13/h4-7,10H,3,8-9H2,1-2H3,(H,16,17,18). The van der Waals surface area contributed by atoms with Gasteiger partial charge in [-0.15, -0.1) is 0 Å². The number of nitrogens with zero attached hydrogens (tertiary/aromatic N) is 3. The molecule has 6 nitrogen and oxygen atoms in total. The smallest absolute Gasteiger partial charge is 0.218 e. The number of anilines is 1. The van der Waals surface area contributed by atoms with Crippen molar-refractivity contribution in [2.24, 2.45) is 0 Å². The highest BCUT2D eigenvalue weighted by Gasteiger charge is 2.05. The Kier molecular flexibility index (Phi) is 5.25. The molecule has 0 atom stereocenters. The van der Waals surface area contributed by atoms with E-state index in [1.54, 1.807) is 13.3 Å². The minimum absolute atomic E-state index is 0.467. The molecule has 0 saturated heterocycles. The molecule has 2 aromatic heterocycles. The van der Waals surface area contributed by atoms with E-state index in [4.69, 9.17) is 9.47 Å². The Hall–Kier alpha value is -2.21. The second-order valence-corrected chi connectivity index (χ2v) is 4.08. The van der Waals surface area contributed by atoms with Gasteiger partial charge in [-0.1, -0.05) is 6.07 Å². The summed E-state index contributed by atoms with van der Waals surface area (Å²) < 4.78 is 10.5. The highest BCUT2D eigenvalue weighted by atomic mass is 16.5. The number of rotatable bonds is 7. The molecule has 20 heavy (non-hydrogen) atoms. The van der Waals surface area contributed by atoms with Crippen LogP contribution in [0.2, 0.25) is 0 Å². The molecule has 2 aromatic rings. The molecule has 2 rings (SSSR count). The van der Waals surface area contributed by atoms with E-state index in [1.165, 1.54) is 6.33 Å². The third kappa shape index (κ3) is 3.89. The minimum atomic E-state index is 0.467. The molecule has 0 unspecified atom stereocenters. The highest BCUT2D eigenvalue weighted by Crippen LogP contribution is 2.16. The van der Waals surface area contributed by atoms with Gasteiger partial charge in [0.15, 0.2) is 0 Å². The molecule has 0 spiro atoms. The first-order chi connectivity index (χ1) is 9.83. The first-order valence-corrected chi connectivity index (χ1v) is 6.44. The van der Waals surface area contributed by atoms with Crippen LogP contribution in [0.1, 0.15) is 18.2 Å². The highest BCUT2D eigenvalue weighted by molar-refractivity contribution is 5.37. The van der Waals surface area contributed by atoms with Crippen molar-refractivity contribution in [1.29, 1.82) is 0 Å². The maximum atomic E-state index is 5.48. The molecule has 0 aromatic carbocycles. The van der Waals surface area contributed by atoms with Crippen molar-refractivity contribution in [3.05, 3.63) is 42.0 Å². The second-order valence-electron chi connectivity index (χ2n) is 4.08. The van der Waals surface area contributed by atoms with Crippen molar-refractivity contribution < 1.29 is 9.47 Å². The van der Waals surface area contributed by atoms with Crippen LogP contribution in [0.4, 0.5) is 5.82 Å². The van der Waals surface area contributed by atoms with Gasteiger partial charge in [-0.25, -0.2) is 15.0 Å². The van der Waals surface area contributed by atoms with Gasteiger partial charge in [-0.2, -0.15) is 0 Å². The van der Waals surface area contributed by atoms with Gasteiger partial charge >= 0.3 is 0 Å². The van der Waals surface area contributed by atoms with Crippen LogP contribution >= 0.6 is 0 Å². The number of pyridine rings is 1. The van der Waals surface area contributed by atoms with E-state index in [-0.39, 0.29) is 0 Å². The zero-order chi connectivity index (χ0) is 14.2. The minimum Gasteiger partial charge on any atom is -0.478 e. The number of hydrogen-bond donors (Lipinski definition) is 1. The van der Waals surface area contributed by atoms with Gasteiger partial charge in [-0.3, -0.25) is 0 Å². The lowest BCUT2D eigenvalue weighted by molar-refractivity contribution is 0.181. The van der Waals surface area contributed by atoms with Crippen molar-refractivity contribution in [2.75, 3.05) is 19.0 Å². The van der Waals surface area contributed by atoms with E-state index in [0.29, 0.717) is 25.6 Å². The SMILES string of the molecule is CCOc1ncccc1CNc1cc(COC)ncn1. The van der Waals surface area contributed by atoms with Gasteiger partial charge < -0.3 is 14.8 Å². The summed E-state index contributed by atoms with van der Waals surface area (Å²) in [6.45, 7) is 3.59. The van der Waals surface area contributed by atoms with Crippen LogP contribution in [0.25, 0.3) is 0 Å². The summed E-state index contributed by atoms with van der Waals surface area (Å²) in [5, 5.41) is 3.23. The Morgan fingerprint density at radius 2 is 2.15 bits per heavy atom. The summed E-state index contributed by atoms with van der Waals surface area (Å²) in [5.41, 5.74) is 1.82. The van der Waals surface area contributed by atoms with E-state index in [2.05, 4.69) is 20.3 Å². The summed E-state index contributed by atoms with van der Waals surface area (Å²) in [7, 11) is 1.64. The van der Waals surface area contributed by atoms with Gasteiger partial charge in [-0.05, 0) is 13.0 Å². The molecule has 0 aliphatic carbocycles. The van der Waals surface area contributed by atoms with E-state index in [1.807, 2.05) is 25.1 Å². The predicted octanol–water partition coefficient (Wildman–Crippen LogP) is 2.03. The summed E-state index contributed by atoms with van der Waals surface area (Å²) in [6.07, 6.45) is 3.24. The molecular weight excluding hydrogens is 256 g/mol. The molecule has 0 aliphatic rings. The monoisotopic (exact) mass is 274 g/mol. The Morgan fingerprint density at radius 1 is 1.25 bits per heavy atom. The predicted molar refractivity (Wildman–Crippen MR) is 75.5 cm³/mol. The Morgan fingerprint density at radius 3 is 2.95 bits per heavy atom. The van der Waals surface area contributed by atoms with Gasteiger partial charge in [0.2, 0.25) is 5.88 Å². The van der Waals surface area contributed by atoms with Crippen molar-refractivity contribution >= 4 is 5.82 Å². The van der Waals surface area contributed by atoms with E-state index < -0.39 is 0 Å². The molecule has 1 N–H and O–H groups in total. The lowest BCUT2D eigenvalue weighted by Gasteiger charge is -2.10. The number of aromatic nitrogens is 3. The van der Waals surface area contributed by atoms with Crippen molar-refractivity contribution in [2.45, 2.75) is 20.1 Å². The molecule has 0 fully saturated rings. The van der Waals surface area contributed by atoms with Crippen LogP contribution in [0, 0.1) is 0 Å². The zero-order valence-electron chi connectivity index (χ0n) is 11.7. The normalized spacial score (nSPS) is 10.3. The third-order valence-corrected chi connectivity index (χ3v) is 2.61. The Bertz CT molecular complexity index is 548. The first-order valence-electron chi connectivity index (χ1n) is 6.44. The van der Waals surface area contributed by atoms with Gasteiger partial charge in [0, 0.05) is 31.5 Å². The molecule has 2 heterocycles. The molecule has 0 aliphatic heterocycles. The number of methoxy groups -OCH3 is 1. The zero-order valence-corrected chi connectivity index (χ0v) is 11.7. The van der Waals surface area contributed by atoms with Crippen LogP contribution in [-0.2, 0) is 17.9 Å². The fraction of sp³-hybridized carbons (Fsp3) is 0.357. The van der Waals surface area contributed by atoms with E-state index in [0.717, 1.165) is 17.1 Å². The average Bonchev–Trinajstić information content (AvgIpc) is 2.47. The van der Waals surface area contributed by atoms with E-state index in [9.17, 15) is 0 Å². The van der Waals surface area contributed by atoms with Crippen molar-refractivity contribution in [3.8, 4) is 5.88 Å². The summed E-state index contributed by atoms with van der Waals surface area (Å²) in [5.74, 6) is 1.40. The molecule has 0 amide bonds. The van der Waals surface area contributed by atoms with Crippen molar-refractivity contribution in [3.63, 3.8) is 0 Å². The van der Waals surface area contributed by atoms with Gasteiger partial charge in [0.05, 0.1) is 18.9 Å². The van der Waals surface area contributed by atoms with Crippen LogP contribution in [0.5, 0.6) is 5.88 Å². The Balaban J connectivity index is 2.03. The topological polar surface area (TPSA) is 69.2 Å². The maximum Gasteiger partial charge on any atom is 0.218 e. The lowest BCUT2D eigenvalue weighted by atomic mass is 10.2. The molecular formula is C14H18N4O2. The molecule has 0 saturated carbocycles. The number of ether oxygens (including phenoxy) is 2. The van der Waals surface area contributed by atoms with Crippen LogP contribution in [0.3, 0.4) is 0 Å². The average molecular weight is 274 g/mol. The summed E-state index contributed by atoms with van der Waals surface area (Å²) in [6, 6.07) is 5.72. The molecule has 106 valence electrons. The number of hydrogen-bond acceptors (Lipinski definition) is 6. The van der Waals surface area contributed by atoms with Gasteiger partial charge in [0.1, 0.15) is 12.1 Å². The van der Waals surface area contributed by atoms with Crippen molar-refractivity contribution in [1.82, 2.24) is 15.0 Å².